The second-order valence-electron chi connectivity index (χ2n) is 26.3. The molecule has 0 heterocycles. The molecule has 488 valence electrons. The Labute approximate surface area is 514 Å². The lowest BCUT2D eigenvalue weighted by atomic mass is 10.0. The number of rotatable bonds is 72. The van der Waals surface area contributed by atoms with Crippen LogP contribution in [-0.4, -0.2) is 47.4 Å². The minimum absolute atomic E-state index is 0.0239. The van der Waals surface area contributed by atoms with Gasteiger partial charge in [-0.2, -0.15) is 0 Å². The molecule has 0 spiro atoms. The fourth-order valence-corrected chi connectivity index (χ4v) is 12.3. The van der Waals surface area contributed by atoms with Crippen molar-refractivity contribution in [2.75, 3.05) is 13.2 Å². The van der Waals surface area contributed by atoms with Crippen LogP contribution in [0.2, 0.25) is 0 Å². The first kappa shape index (κ1) is 80.6. The molecule has 0 saturated carbocycles. The second-order valence-corrected chi connectivity index (χ2v) is 26.3. The Morgan fingerprint density at radius 1 is 0.329 bits per heavy atom. The molecule has 0 rings (SSSR count). The van der Waals surface area contributed by atoms with Gasteiger partial charge in [-0.1, -0.05) is 386 Å². The summed E-state index contributed by atoms with van der Waals surface area (Å²) >= 11 is 0. The Hall–Kier alpha value is -1.40. The number of nitrogens with one attached hydrogen (secondary N) is 1. The van der Waals surface area contributed by atoms with Crippen LogP contribution in [0.3, 0.4) is 0 Å². The highest BCUT2D eigenvalue weighted by atomic mass is 16.5. The summed E-state index contributed by atoms with van der Waals surface area (Å²) in [4.78, 5) is 24.6. The van der Waals surface area contributed by atoms with Crippen LogP contribution in [0, 0.1) is 0 Å². The fourth-order valence-electron chi connectivity index (χ4n) is 12.3. The maximum Gasteiger partial charge on any atom is 0.305 e. The van der Waals surface area contributed by atoms with Crippen molar-refractivity contribution in [2.45, 2.75) is 450 Å². The van der Waals surface area contributed by atoms with Crippen molar-refractivity contribution in [2.24, 2.45) is 0 Å². The van der Waals surface area contributed by atoms with Gasteiger partial charge in [0.15, 0.2) is 0 Å². The van der Waals surface area contributed by atoms with E-state index in [1.165, 1.54) is 366 Å². The SMILES string of the molecule is CCCCCCCC/C=C\CCCCCCCCCCCC(=O)OCCCCCCCCCCCCCCCCCCCCCCCCCCCCCCCCCCCCCCCC(=O)NC(CO)C(O)CCCCCCCCCCC. The fraction of sp³-hybridized carbons (Fsp3) is 0.947. The minimum Gasteiger partial charge on any atom is -0.466 e. The van der Waals surface area contributed by atoms with Crippen molar-refractivity contribution in [3.8, 4) is 0 Å². The van der Waals surface area contributed by atoms with Crippen molar-refractivity contribution in [3.05, 3.63) is 12.2 Å². The van der Waals surface area contributed by atoms with E-state index in [2.05, 4.69) is 31.3 Å². The van der Waals surface area contributed by atoms with Crippen LogP contribution >= 0.6 is 0 Å². The van der Waals surface area contributed by atoms with Gasteiger partial charge in [-0.25, -0.2) is 0 Å². The molecule has 0 aliphatic carbocycles. The Kier molecular flexibility index (Phi) is 70.8. The summed E-state index contributed by atoms with van der Waals surface area (Å²) in [5, 5.41) is 23.2. The standard InChI is InChI=1S/C76H149NO5/c1-3-5-7-9-11-13-14-15-16-17-37-41-44-47-50-54-58-62-66-70-76(81)82-71-67-63-59-55-51-48-45-42-39-36-34-32-30-28-26-24-22-20-18-19-21-23-25-27-29-31-33-35-38-40-43-46-49-53-57-61-65-69-75(80)77-73(72-78)74(79)68-64-60-56-52-12-10-8-6-4-2/h15-16,73-74,78-79H,3-14,17-72H2,1-2H3,(H,77,80)/b16-15-. The highest BCUT2D eigenvalue weighted by Gasteiger charge is 2.20. The van der Waals surface area contributed by atoms with E-state index in [9.17, 15) is 19.8 Å². The molecule has 0 aliphatic heterocycles. The van der Waals surface area contributed by atoms with Crippen LogP contribution in [0.1, 0.15) is 438 Å². The molecular weight excluding hydrogens is 1010 g/mol. The quantitative estimate of drug-likeness (QED) is 0.0320. The van der Waals surface area contributed by atoms with Crippen LogP contribution in [-0.2, 0) is 14.3 Å². The zero-order valence-electron chi connectivity index (χ0n) is 56.0. The third-order valence-electron chi connectivity index (χ3n) is 18.1. The minimum atomic E-state index is -0.657. The van der Waals surface area contributed by atoms with E-state index in [4.69, 9.17) is 4.74 Å². The zero-order chi connectivity index (χ0) is 59.2. The monoisotopic (exact) mass is 1160 g/mol. The molecule has 1 amide bonds. The largest absolute Gasteiger partial charge is 0.466 e. The van der Waals surface area contributed by atoms with E-state index in [-0.39, 0.29) is 18.5 Å². The van der Waals surface area contributed by atoms with Crippen molar-refractivity contribution >= 4 is 11.9 Å². The molecule has 0 aromatic heterocycles. The van der Waals surface area contributed by atoms with E-state index >= 15 is 0 Å². The lowest BCUT2D eigenvalue weighted by molar-refractivity contribution is -0.143. The Morgan fingerprint density at radius 2 is 0.573 bits per heavy atom. The molecule has 0 aromatic carbocycles. The van der Waals surface area contributed by atoms with Gasteiger partial charge < -0.3 is 20.3 Å². The molecule has 6 heteroatoms. The predicted octanol–water partition coefficient (Wildman–Crippen LogP) is 24.7. The average Bonchev–Trinajstić information content (AvgIpc) is 3.48. The second kappa shape index (κ2) is 72.1. The molecule has 0 bridgehead atoms. The van der Waals surface area contributed by atoms with E-state index in [1.54, 1.807) is 0 Å². The van der Waals surface area contributed by atoms with Gasteiger partial charge in [0, 0.05) is 12.8 Å². The van der Waals surface area contributed by atoms with Crippen molar-refractivity contribution in [1.29, 1.82) is 0 Å². The summed E-state index contributed by atoms with van der Waals surface area (Å²) in [6.07, 6.45) is 90.3. The van der Waals surface area contributed by atoms with Gasteiger partial charge in [0.05, 0.1) is 25.4 Å². The summed E-state index contributed by atoms with van der Waals surface area (Å²) in [6, 6.07) is -0.534. The molecule has 82 heavy (non-hydrogen) atoms. The summed E-state index contributed by atoms with van der Waals surface area (Å²) in [5.41, 5.74) is 0. The molecule has 0 fully saturated rings. The van der Waals surface area contributed by atoms with Gasteiger partial charge in [0.2, 0.25) is 5.91 Å². The van der Waals surface area contributed by atoms with Crippen molar-refractivity contribution < 1.29 is 24.5 Å². The van der Waals surface area contributed by atoms with Crippen LogP contribution < -0.4 is 5.32 Å². The van der Waals surface area contributed by atoms with Crippen LogP contribution in [0.5, 0.6) is 0 Å². The van der Waals surface area contributed by atoms with Gasteiger partial charge in [0.1, 0.15) is 0 Å². The molecule has 0 aliphatic rings. The topological polar surface area (TPSA) is 95.9 Å². The maximum absolute atomic E-state index is 12.4. The third-order valence-corrected chi connectivity index (χ3v) is 18.1. The number of amides is 1. The normalized spacial score (nSPS) is 12.5. The van der Waals surface area contributed by atoms with E-state index in [1.807, 2.05) is 0 Å². The average molecular weight is 1160 g/mol. The molecule has 2 unspecified atom stereocenters. The highest BCUT2D eigenvalue weighted by molar-refractivity contribution is 5.76. The van der Waals surface area contributed by atoms with Crippen LogP contribution in [0.25, 0.3) is 0 Å². The van der Waals surface area contributed by atoms with E-state index in [0.717, 1.165) is 38.5 Å². The van der Waals surface area contributed by atoms with E-state index < -0.39 is 12.1 Å². The molecule has 2 atom stereocenters. The molecular formula is C76H149NO5. The molecule has 0 aromatic rings. The summed E-state index contributed by atoms with van der Waals surface area (Å²) in [6.45, 7) is 4.97. The number of hydrogen-bond acceptors (Lipinski definition) is 5. The zero-order valence-corrected chi connectivity index (χ0v) is 56.0. The van der Waals surface area contributed by atoms with Gasteiger partial charge in [-0.15, -0.1) is 0 Å². The number of aliphatic hydroxyl groups excluding tert-OH is 2. The molecule has 0 radical (unpaired) electrons. The number of unbranched alkanes of at least 4 members (excludes halogenated alkanes) is 59. The maximum atomic E-state index is 12.4. The number of carbonyl (C=O) groups excluding carboxylic acids is 2. The first-order valence-electron chi connectivity index (χ1n) is 37.9. The van der Waals surface area contributed by atoms with E-state index in [0.29, 0.717) is 25.9 Å². The van der Waals surface area contributed by atoms with Gasteiger partial charge >= 0.3 is 5.97 Å². The van der Waals surface area contributed by atoms with Gasteiger partial charge in [0.25, 0.3) is 0 Å². The Bertz CT molecular complexity index is 1240. The Balaban J connectivity index is 3.25. The lowest BCUT2D eigenvalue weighted by Gasteiger charge is -2.22. The lowest BCUT2D eigenvalue weighted by Crippen LogP contribution is -2.45. The van der Waals surface area contributed by atoms with Gasteiger partial charge in [-0.3, -0.25) is 9.59 Å². The van der Waals surface area contributed by atoms with Crippen molar-refractivity contribution in [3.63, 3.8) is 0 Å². The summed E-state index contributed by atoms with van der Waals surface area (Å²) < 4.78 is 5.52. The highest BCUT2D eigenvalue weighted by Crippen LogP contribution is 2.20. The van der Waals surface area contributed by atoms with Crippen LogP contribution in [0.4, 0.5) is 0 Å². The number of aliphatic hydroxyl groups is 2. The van der Waals surface area contributed by atoms with Gasteiger partial charge in [-0.05, 0) is 51.4 Å². The number of carbonyl (C=O) groups is 2. The summed E-state index contributed by atoms with van der Waals surface area (Å²) in [5.74, 6) is -0.00534. The first-order valence-corrected chi connectivity index (χ1v) is 37.9. The third kappa shape index (κ3) is 67.7. The molecule has 6 nitrogen and oxygen atoms in total. The molecule has 0 saturated heterocycles. The number of allylic oxidation sites excluding steroid dienone is 2. The smallest absolute Gasteiger partial charge is 0.305 e. The number of ether oxygens (including phenoxy) is 1. The number of hydrogen-bond donors (Lipinski definition) is 3. The van der Waals surface area contributed by atoms with Crippen molar-refractivity contribution in [1.82, 2.24) is 5.32 Å². The first-order chi connectivity index (χ1) is 40.5. The summed E-state index contributed by atoms with van der Waals surface area (Å²) in [7, 11) is 0. The van der Waals surface area contributed by atoms with Crippen LogP contribution in [0.15, 0.2) is 12.2 Å². The predicted molar refractivity (Wildman–Crippen MR) is 361 cm³/mol. The Morgan fingerprint density at radius 3 is 0.866 bits per heavy atom. The number of esters is 1. The molecule has 3 N–H and O–H groups in total.